The van der Waals surface area contributed by atoms with Crippen molar-refractivity contribution in [2.45, 2.75) is 12.5 Å². The second kappa shape index (κ2) is 8.39. The molecular formula is C23H20N4O2. The van der Waals surface area contributed by atoms with E-state index in [0.29, 0.717) is 17.3 Å². The largest absolute Gasteiger partial charge is 0.326 e. The quantitative estimate of drug-likeness (QED) is 0.716. The summed E-state index contributed by atoms with van der Waals surface area (Å²) in [6, 6.07) is 27.0. The minimum atomic E-state index is -0.811. The smallest absolute Gasteiger partial charge is 0.249 e. The van der Waals surface area contributed by atoms with Crippen molar-refractivity contribution in [3.8, 4) is 0 Å². The van der Waals surface area contributed by atoms with Gasteiger partial charge in [-0.2, -0.15) is 0 Å². The summed E-state index contributed by atoms with van der Waals surface area (Å²) in [4.78, 5) is 31.8. The highest BCUT2D eigenvalue weighted by Crippen LogP contribution is 2.23. The van der Waals surface area contributed by atoms with Gasteiger partial charge in [-0.1, -0.05) is 54.6 Å². The predicted molar refractivity (Wildman–Crippen MR) is 115 cm³/mol. The van der Waals surface area contributed by atoms with Gasteiger partial charge in [0.1, 0.15) is 6.04 Å². The molecule has 0 aliphatic carbocycles. The van der Waals surface area contributed by atoms with Gasteiger partial charge in [0.2, 0.25) is 17.8 Å². The van der Waals surface area contributed by atoms with Crippen molar-refractivity contribution in [2.24, 2.45) is 4.99 Å². The SMILES string of the molecule is O=C(Nc1ccccc1)C1CC(=O)N(c2ccccc2)C(Nc2ccccc2)=N1. The number of nitrogens with one attached hydrogen (secondary N) is 2. The Morgan fingerprint density at radius 2 is 1.38 bits per heavy atom. The number of carbonyl (C=O) groups excluding carboxylic acids is 2. The highest BCUT2D eigenvalue weighted by molar-refractivity contribution is 6.23. The molecule has 0 bridgehead atoms. The second-order valence-electron chi connectivity index (χ2n) is 6.58. The summed E-state index contributed by atoms with van der Waals surface area (Å²) in [6.45, 7) is 0. The maximum atomic E-state index is 13.0. The van der Waals surface area contributed by atoms with Crippen LogP contribution in [0.15, 0.2) is 96.0 Å². The zero-order valence-corrected chi connectivity index (χ0v) is 15.7. The fourth-order valence-corrected chi connectivity index (χ4v) is 3.11. The van der Waals surface area contributed by atoms with Crippen LogP contribution in [0.2, 0.25) is 0 Å². The number of benzene rings is 3. The van der Waals surface area contributed by atoms with Gasteiger partial charge in [0.05, 0.1) is 12.1 Å². The number of para-hydroxylation sites is 3. The van der Waals surface area contributed by atoms with E-state index in [2.05, 4.69) is 15.6 Å². The third kappa shape index (κ3) is 4.32. The van der Waals surface area contributed by atoms with Crippen molar-refractivity contribution in [1.29, 1.82) is 0 Å². The van der Waals surface area contributed by atoms with Gasteiger partial charge in [-0.25, -0.2) is 4.99 Å². The van der Waals surface area contributed by atoms with Crippen LogP contribution in [0, 0.1) is 0 Å². The van der Waals surface area contributed by atoms with Crippen LogP contribution < -0.4 is 15.5 Å². The van der Waals surface area contributed by atoms with Crippen LogP contribution in [0.25, 0.3) is 0 Å². The van der Waals surface area contributed by atoms with E-state index in [0.717, 1.165) is 5.69 Å². The Labute approximate surface area is 168 Å². The number of rotatable bonds is 4. The van der Waals surface area contributed by atoms with E-state index in [1.807, 2.05) is 78.9 Å². The van der Waals surface area contributed by atoms with E-state index in [-0.39, 0.29) is 18.2 Å². The van der Waals surface area contributed by atoms with E-state index < -0.39 is 6.04 Å². The fraction of sp³-hybridized carbons (Fsp3) is 0.0870. The van der Waals surface area contributed by atoms with Gasteiger partial charge in [-0.05, 0) is 36.4 Å². The molecule has 3 aromatic carbocycles. The molecule has 2 amide bonds. The van der Waals surface area contributed by atoms with Crippen molar-refractivity contribution in [2.75, 3.05) is 15.5 Å². The number of hydrogen-bond donors (Lipinski definition) is 2. The molecule has 1 aliphatic rings. The van der Waals surface area contributed by atoms with Crippen molar-refractivity contribution in [1.82, 2.24) is 0 Å². The van der Waals surface area contributed by atoms with Crippen LogP contribution in [0.3, 0.4) is 0 Å². The lowest BCUT2D eigenvalue weighted by atomic mass is 10.1. The number of amides is 2. The third-order valence-corrected chi connectivity index (χ3v) is 4.50. The molecule has 0 radical (unpaired) electrons. The highest BCUT2D eigenvalue weighted by Gasteiger charge is 2.34. The third-order valence-electron chi connectivity index (χ3n) is 4.50. The summed E-state index contributed by atoms with van der Waals surface area (Å²) in [5.41, 5.74) is 2.15. The number of aliphatic imine (C=N–C) groups is 1. The lowest BCUT2D eigenvalue weighted by Gasteiger charge is -2.31. The normalized spacial score (nSPS) is 16.1. The summed E-state index contributed by atoms with van der Waals surface area (Å²) in [5.74, 6) is -0.186. The monoisotopic (exact) mass is 384 g/mol. The molecule has 1 aliphatic heterocycles. The Kier molecular flexibility index (Phi) is 5.33. The molecule has 6 heteroatoms. The van der Waals surface area contributed by atoms with E-state index in [4.69, 9.17) is 0 Å². The van der Waals surface area contributed by atoms with Gasteiger partial charge >= 0.3 is 0 Å². The van der Waals surface area contributed by atoms with Gasteiger partial charge in [-0.3, -0.25) is 14.5 Å². The van der Waals surface area contributed by atoms with Crippen molar-refractivity contribution >= 4 is 34.8 Å². The van der Waals surface area contributed by atoms with E-state index >= 15 is 0 Å². The zero-order chi connectivity index (χ0) is 20.1. The average molecular weight is 384 g/mol. The first-order valence-electron chi connectivity index (χ1n) is 9.34. The van der Waals surface area contributed by atoms with Crippen LogP contribution in [0.4, 0.5) is 17.1 Å². The lowest BCUT2D eigenvalue weighted by molar-refractivity contribution is -0.123. The standard InChI is InChI=1S/C23H20N4O2/c28-21-16-20(22(29)24-17-10-4-1-5-11-17)26-23(25-18-12-6-2-7-13-18)27(21)19-14-8-3-9-15-19/h1-15,20H,16H2,(H,24,29)(H,25,26). The summed E-state index contributed by atoms with van der Waals surface area (Å²) >= 11 is 0. The Morgan fingerprint density at radius 3 is 2.00 bits per heavy atom. The van der Waals surface area contributed by atoms with Gasteiger partial charge < -0.3 is 10.6 Å². The second-order valence-corrected chi connectivity index (χ2v) is 6.58. The van der Waals surface area contributed by atoms with Crippen LogP contribution >= 0.6 is 0 Å². The summed E-state index contributed by atoms with van der Waals surface area (Å²) in [7, 11) is 0. The molecule has 4 rings (SSSR count). The van der Waals surface area contributed by atoms with E-state index in [1.54, 1.807) is 12.1 Å². The zero-order valence-electron chi connectivity index (χ0n) is 15.7. The molecule has 0 aromatic heterocycles. The van der Waals surface area contributed by atoms with Gasteiger partial charge in [0, 0.05) is 11.4 Å². The maximum Gasteiger partial charge on any atom is 0.249 e. The molecule has 1 heterocycles. The van der Waals surface area contributed by atoms with E-state index in [1.165, 1.54) is 4.90 Å². The molecule has 0 saturated carbocycles. The van der Waals surface area contributed by atoms with Gasteiger partial charge in [0.15, 0.2) is 0 Å². The van der Waals surface area contributed by atoms with Gasteiger partial charge in [0.25, 0.3) is 0 Å². The molecule has 0 saturated heterocycles. The number of carbonyl (C=O) groups is 2. The molecule has 0 fully saturated rings. The van der Waals surface area contributed by atoms with Crippen molar-refractivity contribution < 1.29 is 9.59 Å². The minimum Gasteiger partial charge on any atom is -0.326 e. The first-order chi connectivity index (χ1) is 14.2. The van der Waals surface area contributed by atoms with Crippen molar-refractivity contribution in [3.05, 3.63) is 91.0 Å². The number of guanidine groups is 1. The maximum absolute atomic E-state index is 13.0. The van der Waals surface area contributed by atoms with Crippen LogP contribution in [-0.2, 0) is 9.59 Å². The Balaban J connectivity index is 1.65. The molecule has 144 valence electrons. The number of nitrogens with zero attached hydrogens (tertiary/aromatic N) is 2. The number of anilines is 3. The first-order valence-corrected chi connectivity index (χ1v) is 9.34. The highest BCUT2D eigenvalue weighted by atomic mass is 16.2. The topological polar surface area (TPSA) is 73.8 Å². The molecule has 3 aromatic rings. The van der Waals surface area contributed by atoms with Crippen LogP contribution in [0.1, 0.15) is 6.42 Å². The Morgan fingerprint density at radius 1 is 0.828 bits per heavy atom. The Bertz CT molecular complexity index is 1020. The van der Waals surface area contributed by atoms with Crippen LogP contribution in [0.5, 0.6) is 0 Å². The molecule has 6 nitrogen and oxygen atoms in total. The van der Waals surface area contributed by atoms with Crippen molar-refractivity contribution in [3.63, 3.8) is 0 Å². The predicted octanol–water partition coefficient (Wildman–Crippen LogP) is 3.90. The first kappa shape index (κ1) is 18.4. The summed E-state index contributed by atoms with van der Waals surface area (Å²) < 4.78 is 0. The molecular weight excluding hydrogens is 364 g/mol. The fourth-order valence-electron chi connectivity index (χ4n) is 3.11. The number of hydrogen-bond acceptors (Lipinski definition) is 4. The summed E-state index contributed by atoms with van der Waals surface area (Å²) in [6.07, 6.45) is -0.00642. The Hall–Kier alpha value is -3.93. The van der Waals surface area contributed by atoms with Crippen LogP contribution in [-0.4, -0.2) is 23.8 Å². The molecule has 1 unspecified atom stereocenters. The van der Waals surface area contributed by atoms with E-state index in [9.17, 15) is 9.59 Å². The summed E-state index contributed by atoms with van der Waals surface area (Å²) in [5, 5.41) is 6.01. The molecule has 0 spiro atoms. The minimum absolute atomic E-state index is 0.00642. The molecule has 29 heavy (non-hydrogen) atoms. The lowest BCUT2D eigenvalue weighted by Crippen LogP contribution is -2.49. The average Bonchev–Trinajstić information content (AvgIpc) is 2.75. The van der Waals surface area contributed by atoms with Gasteiger partial charge in [-0.15, -0.1) is 0 Å². The molecule has 1 atom stereocenters. The molecule has 2 N–H and O–H groups in total.